The zero-order valence-electron chi connectivity index (χ0n) is 4.87. The fraction of sp³-hybridized carbons (Fsp3) is 0.667. The summed E-state index contributed by atoms with van der Waals surface area (Å²) < 4.78 is 26.6. The Labute approximate surface area is 65.0 Å². The fourth-order valence-corrected chi connectivity index (χ4v) is 0.979. The summed E-state index contributed by atoms with van der Waals surface area (Å²) >= 11 is 1.48. The fourth-order valence-electron chi connectivity index (χ4n) is 0.326. The smallest absolute Gasteiger partial charge is 0.282 e. The summed E-state index contributed by atoms with van der Waals surface area (Å²) in [5.41, 5.74) is 0. The van der Waals surface area contributed by atoms with Gasteiger partial charge in [0.25, 0.3) is 10.8 Å². The lowest BCUT2D eigenvalue weighted by Gasteiger charge is -1.78. The van der Waals surface area contributed by atoms with Crippen LogP contribution in [0, 0.1) is 10.8 Å². The van der Waals surface area contributed by atoms with Crippen molar-refractivity contribution in [2.75, 3.05) is 5.75 Å². The number of nitrogens with one attached hydrogen (secondary N) is 1. The summed E-state index contributed by atoms with van der Waals surface area (Å²) in [6.07, 6.45) is 0.699. The number of carbonyl (C=O) groups excluding carboxylic acids is 1. The van der Waals surface area contributed by atoms with Crippen LogP contribution in [0.25, 0.3) is 0 Å². The maximum Gasteiger partial charge on any atom is 0.282 e. The van der Waals surface area contributed by atoms with E-state index in [2.05, 4.69) is 4.72 Å². The van der Waals surface area contributed by atoms with E-state index in [0.29, 0.717) is 6.42 Å². The third kappa shape index (κ3) is 7.99. The molecule has 0 aromatic rings. The van der Waals surface area contributed by atoms with Crippen molar-refractivity contribution in [3.8, 4) is 0 Å². The Morgan fingerprint density at radius 3 is 2.30 bits per heavy atom. The molecule has 0 aliphatic carbocycles. The molecule has 0 aromatic carbocycles. The van der Waals surface area contributed by atoms with Crippen LogP contribution in [-0.2, 0) is 4.79 Å². The maximum atomic E-state index is 10.1. The van der Waals surface area contributed by atoms with E-state index >= 15 is 0 Å². The second kappa shape index (κ2) is 5.75. The molecule has 7 heteroatoms. The van der Waals surface area contributed by atoms with Gasteiger partial charge in [-0.15, -0.1) is 0 Å². The third-order valence-corrected chi connectivity index (χ3v) is 1.40. The Hall–Kier alpha value is -0.0100. The van der Waals surface area contributed by atoms with Crippen LogP contribution in [0.2, 0.25) is 0 Å². The van der Waals surface area contributed by atoms with Gasteiger partial charge in [-0.25, -0.2) is 0 Å². The number of rotatable bonds is 0. The molecule has 2 N–H and O–H groups in total. The molecule has 0 bridgehead atoms. The Morgan fingerprint density at radius 1 is 1.70 bits per heavy atom. The topological polar surface area (TPSA) is 95.5 Å². The van der Waals surface area contributed by atoms with Gasteiger partial charge in [-0.2, -0.15) is 0 Å². The van der Waals surface area contributed by atoms with Crippen molar-refractivity contribution >= 4 is 17.9 Å². The van der Waals surface area contributed by atoms with E-state index in [1.165, 1.54) is 11.9 Å². The van der Waals surface area contributed by atoms with E-state index in [1.807, 2.05) is 0 Å². The molecule has 1 amide bonds. The van der Waals surface area contributed by atoms with Crippen LogP contribution in [0.15, 0.2) is 0 Å². The van der Waals surface area contributed by atoms with E-state index in [9.17, 15) is 4.79 Å². The lowest BCUT2D eigenvalue weighted by Crippen LogP contribution is -2.30. The molecule has 10 heavy (non-hydrogen) atoms. The average molecular weight is 188 g/mol. The molecule has 5 nitrogen and oxygen atoms in total. The van der Waals surface area contributed by atoms with E-state index in [-0.39, 0.29) is 5.91 Å². The highest BCUT2D eigenvalue weighted by molar-refractivity contribution is 7.98. The largest absolute Gasteiger partial charge is 0.321 e. The summed E-state index contributed by atoms with van der Waals surface area (Å²) in [4.78, 5) is 10.1. The molecular weight excluding hydrogens is 182 g/mol. The van der Waals surface area contributed by atoms with E-state index in [0.717, 1.165) is 5.75 Å². The van der Waals surface area contributed by atoms with Crippen molar-refractivity contribution in [2.45, 2.75) is 6.42 Å². The zero-order valence-corrected chi connectivity index (χ0v) is 6.44. The normalized spacial score (nSPS) is 16.2. The first-order valence-corrected chi connectivity index (χ1v) is 4.22. The Balaban J connectivity index is 0.000000180. The zero-order chi connectivity index (χ0) is 7.98. The second-order valence-electron chi connectivity index (χ2n) is 1.32. The minimum Gasteiger partial charge on any atom is -0.321 e. The van der Waals surface area contributed by atoms with Crippen molar-refractivity contribution in [1.29, 1.82) is 0 Å². The van der Waals surface area contributed by atoms with Crippen molar-refractivity contribution < 1.29 is 29.6 Å². The van der Waals surface area contributed by atoms with Crippen molar-refractivity contribution in [2.24, 2.45) is 0 Å². The summed E-state index contributed by atoms with van der Waals surface area (Å²) in [7, 11) is -2.60. The molecule has 1 fully saturated rings. The lowest BCUT2D eigenvalue weighted by molar-refractivity contribution is -1.63. The maximum absolute atomic E-state index is 10.1. The number of halogens is 1. The molecule has 1 saturated heterocycles. The molecule has 1 aliphatic heterocycles. The van der Waals surface area contributed by atoms with Gasteiger partial charge in [-0.05, 0) is 11.9 Å². The quantitative estimate of drug-likeness (QED) is 0.400. The average Bonchev–Trinajstić information content (AvgIpc) is 2.15. The molecule has 1 aliphatic rings. The Kier molecular flexibility index (Phi) is 5.74. The summed E-state index contributed by atoms with van der Waals surface area (Å²) in [5.74, 6) is 1.11. The monoisotopic (exact) mass is 187 g/mol. The molecule has 0 radical (unpaired) electrons. The first kappa shape index (κ1) is 9.99. The van der Waals surface area contributed by atoms with Crippen molar-refractivity contribution in [1.82, 2.24) is 4.72 Å². The van der Waals surface area contributed by atoms with Gasteiger partial charge in [0.15, 0.2) is 0 Å². The third-order valence-electron chi connectivity index (χ3n) is 0.617. The van der Waals surface area contributed by atoms with Gasteiger partial charge in [0.1, 0.15) is 0 Å². The predicted octanol–water partition coefficient (Wildman–Crippen LogP) is -2.78. The van der Waals surface area contributed by atoms with Gasteiger partial charge < -0.3 is 14.0 Å². The minimum absolute atomic E-state index is 0.167. The van der Waals surface area contributed by atoms with Crippen LogP contribution in [0.3, 0.4) is 0 Å². The van der Waals surface area contributed by atoms with Gasteiger partial charge >= 0.3 is 0 Å². The number of carbonyl (C=O) groups is 1. The number of hydrogen-bond donors (Lipinski definition) is 2. The van der Waals surface area contributed by atoms with Gasteiger partial charge in [-0.3, -0.25) is 4.79 Å². The minimum atomic E-state index is -2.60. The van der Waals surface area contributed by atoms with Crippen LogP contribution in [-0.4, -0.2) is 16.3 Å². The molecule has 0 spiro atoms. The molecule has 0 saturated carbocycles. The predicted molar refractivity (Wildman–Crippen MR) is 27.4 cm³/mol. The van der Waals surface area contributed by atoms with Crippen molar-refractivity contribution in [3.63, 3.8) is 0 Å². The molecule has 1 heterocycles. The molecular formula is C3H6ClNO4S. The first-order valence-electron chi connectivity index (χ1n) is 2.28. The number of amides is 1. The van der Waals surface area contributed by atoms with Crippen LogP contribution < -0.4 is 14.0 Å². The molecule has 0 aromatic heterocycles. The second-order valence-corrected chi connectivity index (χ2v) is 2.63. The summed E-state index contributed by atoms with van der Waals surface area (Å²) in [6, 6.07) is 0. The van der Waals surface area contributed by atoms with Gasteiger partial charge in [-0.1, -0.05) is 0 Å². The van der Waals surface area contributed by atoms with Crippen LogP contribution in [0.5, 0.6) is 0 Å². The lowest BCUT2D eigenvalue weighted by atomic mass is 10.5. The summed E-state index contributed by atoms with van der Waals surface area (Å²) in [6.45, 7) is 0. The molecule has 60 valence electrons. The summed E-state index contributed by atoms with van der Waals surface area (Å²) in [5, 5.41) is 0. The van der Waals surface area contributed by atoms with Crippen LogP contribution in [0.4, 0.5) is 0 Å². The van der Waals surface area contributed by atoms with Crippen LogP contribution in [0.1, 0.15) is 6.42 Å². The van der Waals surface area contributed by atoms with Gasteiger partial charge in [0.05, 0.1) is 0 Å². The van der Waals surface area contributed by atoms with E-state index in [1.54, 1.807) is 0 Å². The molecule has 0 unspecified atom stereocenters. The van der Waals surface area contributed by atoms with Gasteiger partial charge in [0, 0.05) is 16.8 Å². The SMILES string of the molecule is O=C1CCSN1.[O-][Cl+2]([O-])O. The highest BCUT2D eigenvalue weighted by atomic mass is 35.6. The van der Waals surface area contributed by atoms with Crippen LogP contribution >= 0.6 is 11.9 Å². The number of hydrogen-bond acceptors (Lipinski definition) is 5. The highest BCUT2D eigenvalue weighted by Crippen LogP contribution is 2.04. The molecule has 1 rings (SSSR count). The van der Waals surface area contributed by atoms with E-state index < -0.39 is 10.8 Å². The van der Waals surface area contributed by atoms with Gasteiger partial charge in [0.2, 0.25) is 5.91 Å². The highest BCUT2D eigenvalue weighted by Gasteiger charge is 2.06. The standard InChI is InChI=1S/C3H5NOS.ClHO3/c5-3-1-2-6-4-3;2-1(3)4/h1-2H2,(H,4,5);2H. The Bertz CT molecular complexity index is 99.9. The first-order chi connectivity index (χ1) is 4.63. The Morgan fingerprint density at radius 2 is 2.20 bits per heavy atom. The molecule has 0 atom stereocenters. The van der Waals surface area contributed by atoms with E-state index in [4.69, 9.17) is 14.0 Å². The van der Waals surface area contributed by atoms with Crippen molar-refractivity contribution in [3.05, 3.63) is 0 Å².